The molecule has 0 heterocycles. The third-order valence-corrected chi connectivity index (χ3v) is 6.04. The summed E-state index contributed by atoms with van der Waals surface area (Å²) in [7, 11) is 5.31. The zero-order chi connectivity index (χ0) is 18.8. The summed E-state index contributed by atoms with van der Waals surface area (Å²) in [4.78, 5) is 18.0. The molecule has 0 aromatic rings. The van der Waals surface area contributed by atoms with Crippen molar-refractivity contribution < 1.29 is 9.53 Å². The van der Waals surface area contributed by atoms with E-state index in [1.807, 2.05) is 0 Å². The van der Waals surface area contributed by atoms with Crippen molar-refractivity contribution in [2.75, 3.05) is 47.4 Å². The number of aliphatic imine (C=N–C) groups is 1. The van der Waals surface area contributed by atoms with Gasteiger partial charge in [-0.1, -0.05) is 25.7 Å². The van der Waals surface area contributed by atoms with Gasteiger partial charge in [0.05, 0.1) is 0 Å². The van der Waals surface area contributed by atoms with Gasteiger partial charge < -0.3 is 20.3 Å². The first kappa shape index (κ1) is 21.0. The van der Waals surface area contributed by atoms with Gasteiger partial charge in [0.15, 0.2) is 5.96 Å². The molecule has 6 nitrogen and oxygen atoms in total. The van der Waals surface area contributed by atoms with Gasteiger partial charge in [0.2, 0.25) is 5.91 Å². The standard InChI is InChI=1S/C20H38N4O2/c1-24(2)18(25)15-22-19(21-14-17-8-5-4-6-9-17)23-16-20(10-7-11-20)12-13-26-3/h17H,4-16H2,1-3H3,(H2,21,22,23). The van der Waals surface area contributed by atoms with E-state index in [1.54, 1.807) is 26.1 Å². The number of methoxy groups -OCH3 is 1. The first-order chi connectivity index (χ1) is 12.5. The van der Waals surface area contributed by atoms with Crippen molar-refractivity contribution in [1.82, 2.24) is 15.5 Å². The van der Waals surface area contributed by atoms with E-state index in [2.05, 4.69) is 15.6 Å². The molecular formula is C20H38N4O2. The van der Waals surface area contributed by atoms with Crippen LogP contribution in [0.4, 0.5) is 0 Å². The molecule has 0 saturated heterocycles. The molecule has 2 N–H and O–H groups in total. The van der Waals surface area contributed by atoms with Crippen molar-refractivity contribution in [3.63, 3.8) is 0 Å². The Labute approximate surface area is 159 Å². The number of carbonyl (C=O) groups is 1. The molecule has 0 unspecified atom stereocenters. The lowest BCUT2D eigenvalue weighted by Gasteiger charge is -2.42. The molecule has 2 aliphatic rings. The normalized spacial score (nSPS) is 20.3. The number of nitrogens with zero attached hydrogens (tertiary/aromatic N) is 2. The Morgan fingerprint density at radius 2 is 1.88 bits per heavy atom. The largest absolute Gasteiger partial charge is 0.385 e. The summed E-state index contributed by atoms with van der Waals surface area (Å²) in [6.07, 6.45) is 11.5. The summed E-state index contributed by atoms with van der Waals surface area (Å²) in [5.74, 6) is 1.54. The van der Waals surface area contributed by atoms with E-state index in [4.69, 9.17) is 4.74 Å². The van der Waals surface area contributed by atoms with E-state index < -0.39 is 0 Å². The Bertz CT molecular complexity index is 455. The van der Waals surface area contributed by atoms with Gasteiger partial charge in [-0.15, -0.1) is 0 Å². The van der Waals surface area contributed by atoms with Crippen LogP contribution in [-0.2, 0) is 9.53 Å². The van der Waals surface area contributed by atoms with Crippen LogP contribution in [-0.4, -0.2) is 64.2 Å². The highest BCUT2D eigenvalue weighted by Gasteiger charge is 2.36. The first-order valence-corrected chi connectivity index (χ1v) is 10.3. The molecule has 0 aliphatic heterocycles. The van der Waals surface area contributed by atoms with Crippen molar-refractivity contribution in [2.45, 2.75) is 57.8 Å². The van der Waals surface area contributed by atoms with Crippen molar-refractivity contribution >= 4 is 11.9 Å². The molecule has 0 spiro atoms. The number of likely N-dealkylation sites (N-methyl/N-ethyl adjacent to an activating group) is 1. The number of amides is 1. The highest BCUT2D eigenvalue weighted by atomic mass is 16.5. The summed E-state index contributed by atoms with van der Waals surface area (Å²) in [5, 5.41) is 7.02. The molecule has 0 radical (unpaired) electrons. The number of guanidine groups is 1. The van der Waals surface area contributed by atoms with Gasteiger partial charge in [0.1, 0.15) is 6.54 Å². The third-order valence-electron chi connectivity index (χ3n) is 6.04. The predicted molar refractivity (Wildman–Crippen MR) is 106 cm³/mol. The monoisotopic (exact) mass is 366 g/mol. The summed E-state index contributed by atoms with van der Waals surface area (Å²) in [5.41, 5.74) is 0.328. The average Bonchev–Trinajstić information content (AvgIpc) is 2.62. The molecule has 0 aromatic heterocycles. The number of hydrogen-bond donors (Lipinski definition) is 2. The topological polar surface area (TPSA) is 66.0 Å². The van der Waals surface area contributed by atoms with Crippen LogP contribution in [0.25, 0.3) is 0 Å². The lowest BCUT2D eigenvalue weighted by molar-refractivity contribution is -0.127. The van der Waals surface area contributed by atoms with E-state index in [0.29, 0.717) is 5.41 Å². The van der Waals surface area contributed by atoms with Gasteiger partial charge in [-0.25, -0.2) is 4.99 Å². The fourth-order valence-corrected chi connectivity index (χ4v) is 3.88. The maximum Gasteiger partial charge on any atom is 0.243 e. The average molecular weight is 367 g/mol. The summed E-state index contributed by atoms with van der Waals surface area (Å²) >= 11 is 0. The molecule has 2 aliphatic carbocycles. The highest BCUT2D eigenvalue weighted by Crippen LogP contribution is 2.43. The molecule has 6 heteroatoms. The van der Waals surface area contributed by atoms with Crippen molar-refractivity contribution in [3.8, 4) is 0 Å². The number of rotatable bonds is 9. The van der Waals surface area contributed by atoms with Crippen molar-refractivity contribution in [1.29, 1.82) is 0 Å². The zero-order valence-electron chi connectivity index (χ0n) is 17.0. The molecular weight excluding hydrogens is 328 g/mol. The van der Waals surface area contributed by atoms with E-state index >= 15 is 0 Å². The molecule has 0 bridgehead atoms. The third kappa shape index (κ3) is 6.78. The van der Waals surface area contributed by atoms with Gasteiger partial charge in [-0.05, 0) is 43.4 Å². The predicted octanol–water partition coefficient (Wildman–Crippen LogP) is 2.40. The molecule has 150 valence electrons. The molecule has 26 heavy (non-hydrogen) atoms. The molecule has 0 aromatic carbocycles. The summed E-state index contributed by atoms with van der Waals surface area (Å²) in [6.45, 7) is 2.86. The van der Waals surface area contributed by atoms with Crippen LogP contribution < -0.4 is 10.6 Å². The maximum atomic E-state index is 11.9. The number of nitrogens with one attached hydrogen (secondary N) is 2. The van der Waals surface area contributed by atoms with Gasteiger partial charge in [-0.2, -0.15) is 0 Å². The first-order valence-electron chi connectivity index (χ1n) is 10.3. The fourth-order valence-electron chi connectivity index (χ4n) is 3.88. The Kier molecular flexibility index (Phi) is 8.69. The Hall–Kier alpha value is -1.30. The van der Waals surface area contributed by atoms with Gasteiger partial charge >= 0.3 is 0 Å². The zero-order valence-corrected chi connectivity index (χ0v) is 17.0. The second-order valence-electron chi connectivity index (χ2n) is 8.29. The number of ether oxygens (including phenoxy) is 1. The summed E-state index contributed by atoms with van der Waals surface area (Å²) in [6, 6.07) is 0. The van der Waals surface area contributed by atoms with E-state index in [9.17, 15) is 4.79 Å². The maximum absolute atomic E-state index is 11.9. The van der Waals surface area contributed by atoms with E-state index in [0.717, 1.165) is 38.0 Å². The molecule has 2 rings (SSSR count). The van der Waals surface area contributed by atoms with Crippen LogP contribution in [0.3, 0.4) is 0 Å². The lowest BCUT2D eigenvalue weighted by atomic mass is 9.67. The van der Waals surface area contributed by atoms with Gasteiger partial charge in [-0.3, -0.25) is 4.79 Å². The fraction of sp³-hybridized carbons (Fsp3) is 0.900. The van der Waals surface area contributed by atoms with Crippen molar-refractivity contribution in [2.24, 2.45) is 16.3 Å². The smallest absolute Gasteiger partial charge is 0.243 e. The Balaban J connectivity index is 1.88. The molecule has 1 amide bonds. The van der Waals surface area contributed by atoms with Gasteiger partial charge in [0, 0.05) is 40.9 Å². The second kappa shape index (κ2) is 10.8. The molecule has 2 fully saturated rings. The number of carbonyl (C=O) groups excluding carboxylic acids is 1. The van der Waals surface area contributed by atoms with E-state index in [1.165, 1.54) is 51.4 Å². The van der Waals surface area contributed by atoms with Crippen LogP contribution in [0.2, 0.25) is 0 Å². The minimum Gasteiger partial charge on any atom is -0.385 e. The molecule has 0 atom stereocenters. The Morgan fingerprint density at radius 1 is 1.15 bits per heavy atom. The minimum absolute atomic E-state index is 0.0292. The van der Waals surface area contributed by atoms with Crippen LogP contribution in [0.5, 0.6) is 0 Å². The minimum atomic E-state index is 0.0292. The summed E-state index contributed by atoms with van der Waals surface area (Å²) < 4.78 is 5.29. The van der Waals surface area contributed by atoms with Crippen molar-refractivity contribution in [3.05, 3.63) is 0 Å². The van der Waals surface area contributed by atoms with Gasteiger partial charge in [0.25, 0.3) is 0 Å². The van der Waals surface area contributed by atoms with Crippen LogP contribution in [0, 0.1) is 11.3 Å². The quantitative estimate of drug-likeness (QED) is 0.486. The SMILES string of the molecule is COCCC1(CNC(=NCC(=O)N(C)C)NCC2CCCCC2)CCC1. The van der Waals surface area contributed by atoms with E-state index in [-0.39, 0.29) is 12.5 Å². The molecule has 2 saturated carbocycles. The lowest BCUT2D eigenvalue weighted by Crippen LogP contribution is -2.48. The Morgan fingerprint density at radius 3 is 2.46 bits per heavy atom. The van der Waals surface area contributed by atoms with Crippen LogP contribution >= 0.6 is 0 Å². The van der Waals surface area contributed by atoms with Crippen LogP contribution in [0.1, 0.15) is 57.8 Å². The van der Waals surface area contributed by atoms with Crippen LogP contribution in [0.15, 0.2) is 4.99 Å². The number of hydrogen-bond acceptors (Lipinski definition) is 3. The second-order valence-corrected chi connectivity index (χ2v) is 8.29. The highest BCUT2D eigenvalue weighted by molar-refractivity contribution is 5.84.